The van der Waals surface area contributed by atoms with Crippen LogP contribution in [0.15, 0.2) is 23.0 Å². The Morgan fingerprint density at radius 2 is 2.26 bits per heavy atom. The Morgan fingerprint density at radius 1 is 1.42 bits per heavy atom. The molecule has 0 saturated heterocycles. The number of hydrogen-bond acceptors (Lipinski definition) is 6. The Labute approximate surface area is 110 Å². The predicted octanol–water partition coefficient (Wildman–Crippen LogP) is 0.999. The molecule has 0 unspecified atom stereocenters. The summed E-state index contributed by atoms with van der Waals surface area (Å²) >= 11 is 0. The maximum Gasteiger partial charge on any atom is 0.251 e. The van der Waals surface area contributed by atoms with Gasteiger partial charge in [-0.2, -0.15) is 4.98 Å². The van der Waals surface area contributed by atoms with Crippen molar-refractivity contribution in [2.75, 3.05) is 12.4 Å². The first-order chi connectivity index (χ1) is 9.22. The van der Waals surface area contributed by atoms with Crippen molar-refractivity contribution in [3.63, 3.8) is 0 Å². The van der Waals surface area contributed by atoms with Crippen LogP contribution in [0.25, 0.3) is 0 Å². The third-order valence-electron chi connectivity index (χ3n) is 2.57. The van der Waals surface area contributed by atoms with Crippen molar-refractivity contribution < 1.29 is 9.32 Å². The SMILES string of the molecule is CCc1cc(C(=O)NCc2ncon2)cc(NC)n1. The smallest absolute Gasteiger partial charge is 0.251 e. The molecule has 2 aromatic rings. The average molecular weight is 261 g/mol. The van der Waals surface area contributed by atoms with Crippen molar-refractivity contribution in [1.29, 1.82) is 0 Å². The zero-order valence-electron chi connectivity index (χ0n) is 10.8. The number of aromatic nitrogens is 3. The minimum absolute atomic E-state index is 0.196. The molecule has 0 aliphatic rings. The fraction of sp³-hybridized carbons (Fsp3) is 0.333. The predicted molar refractivity (Wildman–Crippen MR) is 68.6 cm³/mol. The van der Waals surface area contributed by atoms with Gasteiger partial charge in [0.2, 0.25) is 6.39 Å². The first-order valence-electron chi connectivity index (χ1n) is 5.95. The average Bonchev–Trinajstić information content (AvgIpc) is 2.97. The molecule has 0 aliphatic heterocycles. The second-order valence-corrected chi connectivity index (χ2v) is 3.87. The number of aryl methyl sites for hydroxylation is 1. The van der Waals surface area contributed by atoms with Crippen LogP contribution in [-0.4, -0.2) is 28.1 Å². The molecule has 0 spiro atoms. The Balaban J connectivity index is 2.09. The molecule has 2 rings (SSSR count). The van der Waals surface area contributed by atoms with E-state index in [0.717, 1.165) is 12.1 Å². The highest BCUT2D eigenvalue weighted by Crippen LogP contribution is 2.11. The van der Waals surface area contributed by atoms with Crippen molar-refractivity contribution in [2.45, 2.75) is 19.9 Å². The molecular weight excluding hydrogens is 246 g/mol. The maximum atomic E-state index is 12.0. The number of pyridine rings is 1. The monoisotopic (exact) mass is 261 g/mol. The molecule has 100 valence electrons. The molecule has 2 N–H and O–H groups in total. The minimum Gasteiger partial charge on any atom is -0.373 e. The largest absolute Gasteiger partial charge is 0.373 e. The Hall–Kier alpha value is -2.44. The minimum atomic E-state index is -0.196. The number of carbonyl (C=O) groups is 1. The van der Waals surface area contributed by atoms with Gasteiger partial charge in [0.25, 0.3) is 5.91 Å². The van der Waals surface area contributed by atoms with Crippen LogP contribution in [0.1, 0.15) is 28.8 Å². The lowest BCUT2D eigenvalue weighted by Crippen LogP contribution is -2.23. The van der Waals surface area contributed by atoms with E-state index in [1.807, 2.05) is 6.92 Å². The Kier molecular flexibility index (Phi) is 4.07. The van der Waals surface area contributed by atoms with Gasteiger partial charge in [-0.05, 0) is 18.6 Å². The van der Waals surface area contributed by atoms with Crippen LogP contribution in [0.3, 0.4) is 0 Å². The summed E-state index contributed by atoms with van der Waals surface area (Å²) in [6.45, 7) is 2.22. The van der Waals surface area contributed by atoms with Crippen molar-refractivity contribution in [2.24, 2.45) is 0 Å². The first kappa shape index (κ1) is 13.0. The zero-order chi connectivity index (χ0) is 13.7. The van der Waals surface area contributed by atoms with E-state index in [1.54, 1.807) is 19.2 Å². The summed E-state index contributed by atoms with van der Waals surface area (Å²) in [4.78, 5) is 20.2. The van der Waals surface area contributed by atoms with Gasteiger partial charge >= 0.3 is 0 Å². The third kappa shape index (κ3) is 3.27. The van der Waals surface area contributed by atoms with E-state index in [1.165, 1.54) is 6.39 Å². The first-order valence-corrected chi connectivity index (χ1v) is 5.95. The normalized spacial score (nSPS) is 10.2. The fourth-order valence-corrected chi connectivity index (χ4v) is 1.56. The molecule has 0 aliphatic carbocycles. The number of anilines is 1. The van der Waals surface area contributed by atoms with E-state index in [2.05, 4.69) is 30.3 Å². The second-order valence-electron chi connectivity index (χ2n) is 3.87. The molecule has 0 aromatic carbocycles. The zero-order valence-corrected chi connectivity index (χ0v) is 10.8. The summed E-state index contributed by atoms with van der Waals surface area (Å²) < 4.78 is 4.59. The quantitative estimate of drug-likeness (QED) is 0.834. The van der Waals surface area contributed by atoms with Crippen LogP contribution >= 0.6 is 0 Å². The molecule has 0 fully saturated rings. The van der Waals surface area contributed by atoms with Crippen LogP contribution in [0, 0.1) is 0 Å². The molecule has 2 heterocycles. The van der Waals surface area contributed by atoms with E-state index in [-0.39, 0.29) is 12.5 Å². The van der Waals surface area contributed by atoms with E-state index in [9.17, 15) is 4.79 Å². The molecular formula is C12H15N5O2. The Bertz CT molecular complexity index is 531. The molecule has 2 aromatic heterocycles. The molecule has 0 saturated carbocycles. The highest BCUT2D eigenvalue weighted by molar-refractivity contribution is 5.94. The van der Waals surface area contributed by atoms with Gasteiger partial charge in [0.1, 0.15) is 5.82 Å². The van der Waals surface area contributed by atoms with E-state index < -0.39 is 0 Å². The molecule has 0 atom stereocenters. The summed E-state index contributed by atoms with van der Waals surface area (Å²) in [5.74, 6) is 0.912. The molecule has 1 amide bonds. The molecule has 0 radical (unpaired) electrons. The van der Waals surface area contributed by atoms with Crippen molar-refractivity contribution >= 4 is 11.7 Å². The van der Waals surface area contributed by atoms with Crippen molar-refractivity contribution in [1.82, 2.24) is 20.4 Å². The van der Waals surface area contributed by atoms with Gasteiger partial charge < -0.3 is 15.2 Å². The lowest BCUT2D eigenvalue weighted by molar-refractivity contribution is 0.0949. The number of amides is 1. The van der Waals surface area contributed by atoms with Gasteiger partial charge in [0.05, 0.1) is 6.54 Å². The van der Waals surface area contributed by atoms with Crippen LogP contribution in [-0.2, 0) is 13.0 Å². The summed E-state index contributed by atoms with van der Waals surface area (Å²) in [5.41, 5.74) is 1.41. The lowest BCUT2D eigenvalue weighted by Gasteiger charge is -2.07. The summed E-state index contributed by atoms with van der Waals surface area (Å²) in [5, 5.41) is 9.28. The maximum absolute atomic E-state index is 12.0. The van der Waals surface area contributed by atoms with Crippen molar-refractivity contribution in [3.8, 4) is 0 Å². The number of hydrogen-bond donors (Lipinski definition) is 2. The molecule has 19 heavy (non-hydrogen) atoms. The van der Waals surface area contributed by atoms with Gasteiger partial charge in [0, 0.05) is 18.3 Å². The number of carbonyl (C=O) groups excluding carboxylic acids is 1. The fourth-order valence-electron chi connectivity index (χ4n) is 1.56. The Morgan fingerprint density at radius 3 is 2.89 bits per heavy atom. The van der Waals surface area contributed by atoms with Gasteiger partial charge in [-0.15, -0.1) is 0 Å². The van der Waals surface area contributed by atoms with Gasteiger partial charge in [-0.25, -0.2) is 4.98 Å². The highest BCUT2D eigenvalue weighted by atomic mass is 16.5. The lowest BCUT2D eigenvalue weighted by atomic mass is 10.2. The summed E-state index contributed by atoms with van der Waals surface area (Å²) in [7, 11) is 1.77. The number of nitrogens with one attached hydrogen (secondary N) is 2. The highest BCUT2D eigenvalue weighted by Gasteiger charge is 2.10. The molecule has 0 bridgehead atoms. The topological polar surface area (TPSA) is 92.9 Å². The van der Waals surface area contributed by atoms with E-state index >= 15 is 0 Å². The van der Waals surface area contributed by atoms with Crippen LogP contribution in [0.5, 0.6) is 0 Å². The van der Waals surface area contributed by atoms with E-state index in [4.69, 9.17) is 0 Å². The van der Waals surface area contributed by atoms with Crippen LogP contribution in [0.4, 0.5) is 5.82 Å². The number of nitrogens with zero attached hydrogens (tertiary/aromatic N) is 3. The molecule has 7 heteroatoms. The summed E-state index contributed by atoms with van der Waals surface area (Å²) in [6.07, 6.45) is 1.99. The molecule has 7 nitrogen and oxygen atoms in total. The van der Waals surface area contributed by atoms with Crippen LogP contribution < -0.4 is 10.6 Å². The number of rotatable bonds is 5. The van der Waals surface area contributed by atoms with E-state index in [0.29, 0.717) is 17.2 Å². The second kappa shape index (κ2) is 5.94. The van der Waals surface area contributed by atoms with Gasteiger partial charge in [0.15, 0.2) is 5.82 Å². The van der Waals surface area contributed by atoms with Gasteiger partial charge in [-0.1, -0.05) is 12.1 Å². The van der Waals surface area contributed by atoms with Crippen LogP contribution in [0.2, 0.25) is 0 Å². The standard InChI is InChI=1S/C12H15N5O2/c1-3-9-4-8(5-10(13-2)16-9)12(18)14-6-11-15-7-19-17-11/h4-5,7H,3,6H2,1-2H3,(H,13,16)(H,14,18). The van der Waals surface area contributed by atoms with Crippen molar-refractivity contribution in [3.05, 3.63) is 35.6 Å². The summed E-state index contributed by atoms with van der Waals surface area (Å²) in [6, 6.07) is 3.47. The third-order valence-corrected chi connectivity index (χ3v) is 2.57. The van der Waals surface area contributed by atoms with Gasteiger partial charge in [-0.3, -0.25) is 4.79 Å².